The van der Waals surface area contributed by atoms with Crippen LogP contribution in [0.3, 0.4) is 0 Å². The first-order valence-electron chi connectivity index (χ1n) is 13.4. The molecule has 4 rings (SSSR count). The third-order valence-electron chi connectivity index (χ3n) is 7.34. The minimum absolute atomic E-state index is 0.0837. The zero-order valence-electron chi connectivity index (χ0n) is 21.8. The summed E-state index contributed by atoms with van der Waals surface area (Å²) in [5.41, 5.74) is 3.04. The number of anilines is 1. The molecule has 3 aliphatic heterocycles. The van der Waals surface area contributed by atoms with Gasteiger partial charge in [-0.3, -0.25) is 34.3 Å². The van der Waals surface area contributed by atoms with Crippen molar-refractivity contribution in [3.63, 3.8) is 0 Å². The van der Waals surface area contributed by atoms with Gasteiger partial charge in [0.15, 0.2) is 0 Å². The van der Waals surface area contributed by atoms with Crippen molar-refractivity contribution in [2.45, 2.75) is 51.0 Å². The molecule has 200 valence electrons. The second kappa shape index (κ2) is 12.6. The summed E-state index contributed by atoms with van der Waals surface area (Å²) in [6.45, 7) is 11.4. The van der Waals surface area contributed by atoms with Crippen LogP contribution in [0.1, 0.15) is 65.7 Å². The van der Waals surface area contributed by atoms with Gasteiger partial charge >= 0.3 is 0 Å². The second-order valence-electron chi connectivity index (χ2n) is 9.96. The van der Waals surface area contributed by atoms with Crippen molar-refractivity contribution in [1.29, 1.82) is 0 Å². The molecule has 2 N–H and O–H groups in total. The van der Waals surface area contributed by atoms with Crippen LogP contribution in [0.2, 0.25) is 0 Å². The lowest BCUT2D eigenvalue weighted by atomic mass is 10.0. The molecule has 38 heavy (non-hydrogen) atoms. The van der Waals surface area contributed by atoms with Gasteiger partial charge in [0.1, 0.15) is 6.04 Å². The number of imide groups is 2. The van der Waals surface area contributed by atoms with E-state index < -0.39 is 29.7 Å². The van der Waals surface area contributed by atoms with E-state index in [4.69, 9.17) is 0 Å². The quantitative estimate of drug-likeness (QED) is 0.380. The summed E-state index contributed by atoms with van der Waals surface area (Å²) in [6, 6.07) is 4.04. The van der Waals surface area contributed by atoms with Crippen molar-refractivity contribution in [2.75, 3.05) is 31.5 Å². The van der Waals surface area contributed by atoms with Crippen molar-refractivity contribution in [2.24, 2.45) is 0 Å². The summed E-state index contributed by atoms with van der Waals surface area (Å²) in [5, 5.41) is 5.49. The van der Waals surface area contributed by atoms with E-state index in [1.54, 1.807) is 24.3 Å². The van der Waals surface area contributed by atoms with Gasteiger partial charge in [-0.05, 0) is 55.6 Å². The van der Waals surface area contributed by atoms with E-state index in [-0.39, 0.29) is 24.0 Å². The SMILES string of the molecule is C=C/C(=C\C=C(/C=C)CN1CCCCCCC1)CNc1cccc2c1C(=O)N([C@H]1CCC(=O)NC1=O)C2=O. The van der Waals surface area contributed by atoms with Crippen LogP contribution in [0.5, 0.6) is 0 Å². The lowest BCUT2D eigenvalue weighted by molar-refractivity contribution is -0.136. The molecule has 1 aromatic rings. The molecule has 0 bridgehead atoms. The van der Waals surface area contributed by atoms with Crippen LogP contribution in [-0.4, -0.2) is 65.6 Å². The zero-order valence-corrected chi connectivity index (χ0v) is 21.8. The Labute approximate surface area is 224 Å². The molecular weight excluding hydrogens is 480 g/mol. The Morgan fingerprint density at radius 3 is 2.32 bits per heavy atom. The van der Waals surface area contributed by atoms with Crippen LogP contribution in [0.15, 0.2) is 66.8 Å². The van der Waals surface area contributed by atoms with E-state index in [1.165, 1.54) is 32.1 Å². The summed E-state index contributed by atoms with van der Waals surface area (Å²) in [7, 11) is 0. The van der Waals surface area contributed by atoms with Crippen LogP contribution in [-0.2, 0) is 9.59 Å². The standard InChI is InChI=1S/C30H36N4O4/c1-3-21(13-14-22(4-2)20-33-17-8-6-5-7-9-18-33)19-31-24-12-10-11-23-27(24)30(38)34(29(23)37)25-15-16-26(35)32-28(25)36/h3-4,10-14,25,31H,1-2,5-9,15-20H2,(H,32,35,36)/b21-13+,22-14+/t25-/m0/s1. The van der Waals surface area contributed by atoms with E-state index in [9.17, 15) is 19.2 Å². The number of rotatable bonds is 9. The molecule has 1 aromatic carbocycles. The Hall–Kier alpha value is -3.78. The Balaban J connectivity index is 1.45. The number of nitrogens with one attached hydrogen (secondary N) is 2. The van der Waals surface area contributed by atoms with Crippen LogP contribution in [0.25, 0.3) is 0 Å². The predicted octanol–water partition coefficient (Wildman–Crippen LogP) is 3.99. The van der Waals surface area contributed by atoms with E-state index in [0.29, 0.717) is 12.2 Å². The molecule has 2 fully saturated rings. The maximum absolute atomic E-state index is 13.3. The minimum atomic E-state index is -0.993. The third-order valence-corrected chi connectivity index (χ3v) is 7.34. The van der Waals surface area contributed by atoms with Gasteiger partial charge in [0, 0.05) is 25.2 Å². The Morgan fingerprint density at radius 2 is 1.63 bits per heavy atom. The zero-order chi connectivity index (χ0) is 27.1. The number of likely N-dealkylation sites (tertiary alicyclic amines) is 1. The number of amides is 4. The number of carbonyl (C=O) groups excluding carboxylic acids is 4. The number of allylic oxidation sites excluding steroid dienone is 2. The molecule has 0 spiro atoms. The summed E-state index contributed by atoms with van der Waals surface area (Å²) in [4.78, 5) is 53.7. The van der Waals surface area contributed by atoms with E-state index in [1.807, 2.05) is 12.2 Å². The highest BCUT2D eigenvalue weighted by molar-refractivity contribution is 6.25. The number of fused-ring (bicyclic) bond motifs is 1. The molecule has 0 radical (unpaired) electrons. The number of piperidine rings is 1. The van der Waals surface area contributed by atoms with E-state index >= 15 is 0 Å². The monoisotopic (exact) mass is 516 g/mol. The highest BCUT2D eigenvalue weighted by Crippen LogP contribution is 2.32. The molecule has 0 aromatic heterocycles. The first-order valence-corrected chi connectivity index (χ1v) is 13.4. The van der Waals surface area contributed by atoms with Crippen molar-refractivity contribution in [3.05, 3.63) is 77.9 Å². The first kappa shape index (κ1) is 27.3. The highest BCUT2D eigenvalue weighted by atomic mass is 16.2. The predicted molar refractivity (Wildman–Crippen MR) is 148 cm³/mol. The fraction of sp³-hybridized carbons (Fsp3) is 0.400. The maximum atomic E-state index is 13.3. The van der Waals surface area contributed by atoms with Gasteiger partial charge in [-0.1, -0.05) is 62.8 Å². The van der Waals surface area contributed by atoms with Crippen LogP contribution in [0, 0.1) is 0 Å². The van der Waals surface area contributed by atoms with Gasteiger partial charge in [-0.15, -0.1) is 0 Å². The third kappa shape index (κ3) is 6.19. The van der Waals surface area contributed by atoms with Crippen LogP contribution >= 0.6 is 0 Å². The fourth-order valence-electron chi connectivity index (χ4n) is 5.19. The maximum Gasteiger partial charge on any atom is 0.264 e. The number of hydrogen-bond donors (Lipinski definition) is 2. The Kier molecular flexibility index (Phi) is 9.07. The molecule has 2 saturated heterocycles. The average Bonchev–Trinajstić information content (AvgIpc) is 3.14. The first-order chi connectivity index (χ1) is 18.4. The van der Waals surface area contributed by atoms with Crippen LogP contribution in [0.4, 0.5) is 5.69 Å². The largest absolute Gasteiger partial charge is 0.380 e. The second-order valence-corrected chi connectivity index (χ2v) is 9.96. The molecule has 3 aliphatic rings. The Morgan fingerprint density at radius 1 is 0.947 bits per heavy atom. The van der Waals surface area contributed by atoms with E-state index in [2.05, 4.69) is 34.8 Å². The molecule has 1 atom stereocenters. The molecule has 0 unspecified atom stereocenters. The summed E-state index contributed by atoms with van der Waals surface area (Å²) in [5.74, 6) is -2.08. The molecule has 8 nitrogen and oxygen atoms in total. The van der Waals surface area contributed by atoms with Crippen molar-refractivity contribution >= 4 is 29.3 Å². The fourth-order valence-corrected chi connectivity index (χ4v) is 5.19. The van der Waals surface area contributed by atoms with E-state index in [0.717, 1.165) is 35.7 Å². The summed E-state index contributed by atoms with van der Waals surface area (Å²) < 4.78 is 0. The molecule has 8 heteroatoms. The van der Waals surface area contributed by atoms with Crippen molar-refractivity contribution in [3.8, 4) is 0 Å². The van der Waals surface area contributed by atoms with Gasteiger partial charge in [-0.25, -0.2) is 0 Å². The van der Waals surface area contributed by atoms with Crippen LogP contribution < -0.4 is 10.6 Å². The molecule has 3 heterocycles. The number of benzene rings is 1. The minimum Gasteiger partial charge on any atom is -0.380 e. The van der Waals surface area contributed by atoms with Gasteiger partial charge in [0.2, 0.25) is 11.8 Å². The number of hydrogen-bond acceptors (Lipinski definition) is 6. The van der Waals surface area contributed by atoms with Gasteiger partial charge < -0.3 is 5.32 Å². The van der Waals surface area contributed by atoms with Gasteiger partial charge in [0.25, 0.3) is 11.8 Å². The smallest absolute Gasteiger partial charge is 0.264 e. The van der Waals surface area contributed by atoms with Crippen molar-refractivity contribution in [1.82, 2.24) is 15.1 Å². The normalized spacial score (nSPS) is 21.5. The molecule has 4 amide bonds. The lowest BCUT2D eigenvalue weighted by Crippen LogP contribution is -2.54. The summed E-state index contributed by atoms with van der Waals surface area (Å²) in [6.07, 6.45) is 14.3. The molecule has 0 saturated carbocycles. The average molecular weight is 517 g/mol. The van der Waals surface area contributed by atoms with Crippen molar-refractivity contribution < 1.29 is 19.2 Å². The molecular formula is C30H36N4O4. The molecule has 0 aliphatic carbocycles. The highest BCUT2D eigenvalue weighted by Gasteiger charge is 2.45. The Bertz CT molecular complexity index is 1190. The lowest BCUT2D eigenvalue weighted by Gasteiger charge is -2.27. The summed E-state index contributed by atoms with van der Waals surface area (Å²) >= 11 is 0. The number of nitrogens with zero attached hydrogens (tertiary/aromatic N) is 2. The van der Waals surface area contributed by atoms with Gasteiger partial charge in [-0.2, -0.15) is 0 Å². The topological polar surface area (TPSA) is 98.8 Å². The van der Waals surface area contributed by atoms with Gasteiger partial charge in [0.05, 0.1) is 11.1 Å². The number of carbonyl (C=O) groups is 4.